The Morgan fingerprint density at radius 1 is 1.39 bits per heavy atom. The van der Waals surface area contributed by atoms with Crippen LogP contribution in [0.25, 0.3) is 0 Å². The molecule has 1 aliphatic rings. The topological polar surface area (TPSA) is 59.2 Å². The second-order valence-electron chi connectivity index (χ2n) is 4.85. The molecule has 98 valence electrons. The largest absolute Gasteiger partial charge is 0.339 e. The van der Waals surface area contributed by atoms with Crippen molar-refractivity contribution in [3.05, 3.63) is 30.1 Å². The van der Waals surface area contributed by atoms with Gasteiger partial charge >= 0.3 is 0 Å². The third kappa shape index (κ3) is 3.29. The smallest absolute Gasteiger partial charge is 0.227 e. The first kappa shape index (κ1) is 13.0. The van der Waals surface area contributed by atoms with Gasteiger partial charge in [-0.1, -0.05) is 0 Å². The highest BCUT2D eigenvalue weighted by atomic mass is 16.2. The summed E-state index contributed by atoms with van der Waals surface area (Å²) >= 11 is 0. The van der Waals surface area contributed by atoms with Gasteiger partial charge in [0.05, 0.1) is 6.42 Å². The standard InChI is InChI=1S/C14H21N3O/c15-7-4-13-3-1-2-10-17(13)14(18)11-12-5-8-16-9-6-12/h5-6,8-9,13H,1-4,7,10-11,15H2. The third-order valence-electron chi connectivity index (χ3n) is 3.55. The van der Waals surface area contributed by atoms with E-state index in [0.29, 0.717) is 19.0 Å². The van der Waals surface area contributed by atoms with Gasteiger partial charge in [-0.2, -0.15) is 0 Å². The fourth-order valence-electron chi connectivity index (χ4n) is 2.60. The number of amides is 1. The third-order valence-corrected chi connectivity index (χ3v) is 3.55. The maximum Gasteiger partial charge on any atom is 0.227 e. The van der Waals surface area contributed by atoms with Gasteiger partial charge in [-0.05, 0) is 49.9 Å². The van der Waals surface area contributed by atoms with Crippen molar-refractivity contribution < 1.29 is 4.79 Å². The molecule has 1 aromatic rings. The van der Waals surface area contributed by atoms with Gasteiger partial charge in [-0.25, -0.2) is 0 Å². The molecule has 1 fully saturated rings. The van der Waals surface area contributed by atoms with E-state index in [0.717, 1.165) is 31.4 Å². The predicted octanol–water partition coefficient (Wildman–Crippen LogP) is 1.35. The Labute approximate surface area is 108 Å². The number of likely N-dealkylation sites (tertiary alicyclic amines) is 1. The summed E-state index contributed by atoms with van der Waals surface area (Å²) in [6.07, 6.45) is 8.28. The lowest BCUT2D eigenvalue weighted by molar-refractivity contribution is -0.134. The van der Waals surface area contributed by atoms with Gasteiger partial charge in [0, 0.05) is 25.0 Å². The summed E-state index contributed by atoms with van der Waals surface area (Å²) in [5.41, 5.74) is 6.66. The van der Waals surface area contributed by atoms with E-state index in [2.05, 4.69) is 4.98 Å². The van der Waals surface area contributed by atoms with E-state index in [1.807, 2.05) is 17.0 Å². The van der Waals surface area contributed by atoms with Gasteiger partial charge in [0.25, 0.3) is 0 Å². The molecule has 0 spiro atoms. The molecule has 1 atom stereocenters. The highest BCUT2D eigenvalue weighted by Crippen LogP contribution is 2.20. The molecule has 0 saturated carbocycles. The second-order valence-corrected chi connectivity index (χ2v) is 4.85. The van der Waals surface area contributed by atoms with Gasteiger partial charge < -0.3 is 10.6 Å². The van der Waals surface area contributed by atoms with Gasteiger partial charge in [0.15, 0.2) is 0 Å². The van der Waals surface area contributed by atoms with Gasteiger partial charge in [0.1, 0.15) is 0 Å². The normalized spacial score (nSPS) is 19.8. The summed E-state index contributed by atoms with van der Waals surface area (Å²) in [5.74, 6) is 0.222. The molecular weight excluding hydrogens is 226 g/mol. The van der Waals surface area contributed by atoms with Crippen molar-refractivity contribution in [3.8, 4) is 0 Å². The Morgan fingerprint density at radius 2 is 2.17 bits per heavy atom. The molecule has 0 radical (unpaired) electrons. The van der Waals surface area contributed by atoms with Crippen LogP contribution in [0.4, 0.5) is 0 Å². The number of carbonyl (C=O) groups excluding carboxylic acids is 1. The maximum atomic E-state index is 12.3. The molecule has 2 rings (SSSR count). The van der Waals surface area contributed by atoms with Gasteiger partial charge in [-0.3, -0.25) is 9.78 Å². The van der Waals surface area contributed by atoms with Crippen molar-refractivity contribution in [2.75, 3.05) is 13.1 Å². The molecule has 0 aliphatic carbocycles. The van der Waals surface area contributed by atoms with E-state index in [9.17, 15) is 4.79 Å². The van der Waals surface area contributed by atoms with E-state index < -0.39 is 0 Å². The minimum absolute atomic E-state index is 0.222. The van der Waals surface area contributed by atoms with E-state index in [1.165, 1.54) is 6.42 Å². The average molecular weight is 247 g/mol. The lowest BCUT2D eigenvalue weighted by Gasteiger charge is -2.35. The number of hydrogen-bond donors (Lipinski definition) is 1. The molecule has 2 N–H and O–H groups in total. The van der Waals surface area contributed by atoms with Crippen LogP contribution in [0.5, 0.6) is 0 Å². The van der Waals surface area contributed by atoms with E-state index in [1.54, 1.807) is 12.4 Å². The van der Waals surface area contributed by atoms with Crippen molar-refractivity contribution in [2.45, 2.75) is 38.1 Å². The molecule has 18 heavy (non-hydrogen) atoms. The Hall–Kier alpha value is -1.42. The monoisotopic (exact) mass is 247 g/mol. The van der Waals surface area contributed by atoms with Crippen LogP contribution in [0.1, 0.15) is 31.2 Å². The number of aromatic nitrogens is 1. The minimum Gasteiger partial charge on any atom is -0.339 e. The molecule has 4 heteroatoms. The minimum atomic E-state index is 0.222. The fraction of sp³-hybridized carbons (Fsp3) is 0.571. The first-order valence-corrected chi connectivity index (χ1v) is 6.69. The number of piperidine rings is 1. The first-order valence-electron chi connectivity index (χ1n) is 6.69. The molecule has 2 heterocycles. The summed E-state index contributed by atoms with van der Waals surface area (Å²) in [6.45, 7) is 1.54. The zero-order valence-corrected chi connectivity index (χ0v) is 10.7. The second kappa shape index (κ2) is 6.50. The lowest BCUT2D eigenvalue weighted by atomic mass is 9.98. The number of rotatable bonds is 4. The predicted molar refractivity (Wildman–Crippen MR) is 71.0 cm³/mol. The van der Waals surface area contributed by atoms with Crippen LogP contribution in [0.2, 0.25) is 0 Å². The van der Waals surface area contributed by atoms with Crippen LogP contribution in [0, 0.1) is 0 Å². The molecule has 4 nitrogen and oxygen atoms in total. The average Bonchev–Trinajstić information content (AvgIpc) is 2.41. The Morgan fingerprint density at radius 3 is 2.89 bits per heavy atom. The molecule has 1 amide bonds. The first-order chi connectivity index (χ1) is 8.81. The van der Waals surface area contributed by atoms with E-state index in [-0.39, 0.29) is 5.91 Å². The SMILES string of the molecule is NCCC1CCCCN1C(=O)Cc1ccncc1. The molecular formula is C14H21N3O. The number of carbonyl (C=O) groups is 1. The Balaban J connectivity index is 1.98. The zero-order valence-electron chi connectivity index (χ0n) is 10.7. The Bertz CT molecular complexity index is 378. The zero-order chi connectivity index (χ0) is 12.8. The lowest BCUT2D eigenvalue weighted by Crippen LogP contribution is -2.45. The summed E-state index contributed by atoms with van der Waals surface area (Å²) in [6, 6.07) is 4.15. The van der Waals surface area contributed by atoms with Crippen LogP contribution in [-0.2, 0) is 11.2 Å². The summed E-state index contributed by atoms with van der Waals surface area (Å²) < 4.78 is 0. The fourth-order valence-corrected chi connectivity index (χ4v) is 2.60. The summed E-state index contributed by atoms with van der Waals surface area (Å²) in [4.78, 5) is 18.3. The number of nitrogens with zero attached hydrogens (tertiary/aromatic N) is 2. The molecule has 0 bridgehead atoms. The molecule has 1 aromatic heterocycles. The summed E-state index contributed by atoms with van der Waals surface area (Å²) in [5, 5.41) is 0. The van der Waals surface area contributed by atoms with Crippen molar-refractivity contribution in [3.63, 3.8) is 0 Å². The van der Waals surface area contributed by atoms with Crippen LogP contribution in [0.3, 0.4) is 0 Å². The number of nitrogens with two attached hydrogens (primary N) is 1. The molecule has 1 unspecified atom stereocenters. The van der Waals surface area contributed by atoms with Crippen molar-refractivity contribution in [2.24, 2.45) is 5.73 Å². The van der Waals surface area contributed by atoms with E-state index >= 15 is 0 Å². The van der Waals surface area contributed by atoms with Crippen LogP contribution < -0.4 is 5.73 Å². The van der Waals surface area contributed by atoms with Crippen LogP contribution in [0.15, 0.2) is 24.5 Å². The van der Waals surface area contributed by atoms with Crippen molar-refractivity contribution in [1.82, 2.24) is 9.88 Å². The molecule has 1 saturated heterocycles. The van der Waals surface area contributed by atoms with Gasteiger partial charge in [0.2, 0.25) is 5.91 Å². The molecule has 0 aromatic carbocycles. The highest BCUT2D eigenvalue weighted by Gasteiger charge is 2.25. The number of pyridine rings is 1. The van der Waals surface area contributed by atoms with E-state index in [4.69, 9.17) is 5.73 Å². The van der Waals surface area contributed by atoms with Crippen molar-refractivity contribution >= 4 is 5.91 Å². The summed E-state index contributed by atoms with van der Waals surface area (Å²) in [7, 11) is 0. The highest BCUT2D eigenvalue weighted by molar-refractivity contribution is 5.79. The Kier molecular flexibility index (Phi) is 4.70. The van der Waals surface area contributed by atoms with Crippen LogP contribution >= 0.6 is 0 Å². The van der Waals surface area contributed by atoms with Crippen molar-refractivity contribution in [1.29, 1.82) is 0 Å². The van der Waals surface area contributed by atoms with Gasteiger partial charge in [-0.15, -0.1) is 0 Å². The number of hydrogen-bond acceptors (Lipinski definition) is 3. The van der Waals surface area contributed by atoms with Crippen LogP contribution in [-0.4, -0.2) is 34.9 Å². The molecule has 1 aliphatic heterocycles. The maximum absolute atomic E-state index is 12.3. The quantitative estimate of drug-likeness (QED) is 0.873.